The van der Waals surface area contributed by atoms with Crippen LogP contribution in [0, 0.1) is 6.92 Å². The largest absolute Gasteiger partial charge is 0.465 e. The van der Waals surface area contributed by atoms with Gasteiger partial charge in [0.2, 0.25) is 0 Å². The van der Waals surface area contributed by atoms with E-state index in [0.717, 1.165) is 0 Å². The summed E-state index contributed by atoms with van der Waals surface area (Å²) in [5, 5.41) is 0.597. The van der Waals surface area contributed by atoms with E-state index in [1.165, 1.54) is 19.2 Å². The van der Waals surface area contributed by atoms with Crippen molar-refractivity contribution in [3.05, 3.63) is 39.5 Å². The molecular weight excluding hydrogens is 240 g/mol. The van der Waals surface area contributed by atoms with Crippen LogP contribution in [0.5, 0.6) is 0 Å². The Morgan fingerprint density at radius 1 is 1.35 bits per heavy atom. The number of hydrogen-bond donors (Lipinski definition) is 1. The Kier molecular flexibility index (Phi) is 2.93. The van der Waals surface area contributed by atoms with Gasteiger partial charge in [-0.15, -0.1) is 12.6 Å². The zero-order valence-electron chi connectivity index (χ0n) is 9.31. The van der Waals surface area contributed by atoms with E-state index in [9.17, 15) is 9.59 Å². The van der Waals surface area contributed by atoms with E-state index in [0.29, 0.717) is 22.1 Å². The van der Waals surface area contributed by atoms with Crippen molar-refractivity contribution in [2.24, 2.45) is 0 Å². The van der Waals surface area contributed by atoms with Gasteiger partial charge in [-0.25, -0.2) is 4.79 Å². The molecular formula is C12H10O4S. The maximum absolute atomic E-state index is 11.8. The molecule has 1 aromatic carbocycles. The van der Waals surface area contributed by atoms with E-state index in [2.05, 4.69) is 17.4 Å². The number of methoxy groups -OCH3 is 1. The maximum Gasteiger partial charge on any atom is 0.337 e. The Hall–Kier alpha value is -1.75. The molecule has 0 bridgehead atoms. The molecule has 2 rings (SSSR count). The van der Waals surface area contributed by atoms with Crippen LogP contribution in [0.15, 0.2) is 32.5 Å². The zero-order chi connectivity index (χ0) is 12.6. The monoisotopic (exact) mass is 250 g/mol. The summed E-state index contributed by atoms with van der Waals surface area (Å²) in [6.07, 6.45) is 0. The molecule has 0 aliphatic rings. The van der Waals surface area contributed by atoms with E-state index in [-0.39, 0.29) is 10.5 Å². The average Bonchev–Trinajstić information content (AvgIpc) is 2.29. The smallest absolute Gasteiger partial charge is 0.337 e. The van der Waals surface area contributed by atoms with Gasteiger partial charge in [-0.05, 0) is 24.6 Å². The number of carbonyl (C=O) groups excluding carboxylic acids is 1. The SMILES string of the molecule is COC(=O)c1cc(C)c2oc(S)cc(=O)c2c1. The first-order valence-electron chi connectivity index (χ1n) is 4.88. The topological polar surface area (TPSA) is 56.5 Å². The molecule has 1 aromatic heterocycles. The van der Waals surface area contributed by atoms with Crippen LogP contribution in [0.4, 0.5) is 0 Å². The summed E-state index contributed by atoms with van der Waals surface area (Å²) in [7, 11) is 1.29. The van der Waals surface area contributed by atoms with Crippen molar-refractivity contribution in [3.63, 3.8) is 0 Å². The van der Waals surface area contributed by atoms with Crippen LogP contribution in [0.25, 0.3) is 11.0 Å². The Labute approximate surface area is 103 Å². The standard InChI is InChI=1S/C12H10O4S/c1-6-3-7(12(14)15-2)4-8-9(13)5-10(17)16-11(6)8/h3-5,17H,1-2H3. The molecule has 0 atom stereocenters. The first-order chi connectivity index (χ1) is 8.02. The zero-order valence-corrected chi connectivity index (χ0v) is 10.2. The lowest BCUT2D eigenvalue weighted by Gasteiger charge is -2.05. The lowest BCUT2D eigenvalue weighted by Crippen LogP contribution is -2.06. The molecule has 0 radical (unpaired) electrons. The van der Waals surface area contributed by atoms with Gasteiger partial charge in [0.25, 0.3) is 0 Å². The maximum atomic E-state index is 11.8. The molecule has 0 saturated carbocycles. The second-order valence-electron chi connectivity index (χ2n) is 3.61. The molecule has 0 unspecified atom stereocenters. The van der Waals surface area contributed by atoms with Gasteiger partial charge in [0.15, 0.2) is 10.5 Å². The van der Waals surface area contributed by atoms with Gasteiger partial charge in [-0.1, -0.05) is 0 Å². The summed E-state index contributed by atoms with van der Waals surface area (Å²) in [5.74, 6) is -0.482. The van der Waals surface area contributed by atoms with Crippen molar-refractivity contribution in [2.45, 2.75) is 12.0 Å². The highest BCUT2D eigenvalue weighted by Crippen LogP contribution is 2.21. The number of hydrogen-bond acceptors (Lipinski definition) is 5. The minimum absolute atomic E-state index is 0.231. The minimum atomic E-state index is -0.482. The van der Waals surface area contributed by atoms with Gasteiger partial charge in [0, 0.05) is 6.07 Å². The van der Waals surface area contributed by atoms with Gasteiger partial charge < -0.3 is 9.15 Å². The molecule has 0 N–H and O–H groups in total. The third-order valence-corrected chi connectivity index (χ3v) is 2.64. The summed E-state index contributed by atoms with van der Waals surface area (Å²) in [4.78, 5) is 23.2. The normalized spacial score (nSPS) is 10.5. The van der Waals surface area contributed by atoms with Gasteiger partial charge in [0.1, 0.15) is 5.58 Å². The predicted molar refractivity (Wildman–Crippen MR) is 65.8 cm³/mol. The number of ether oxygens (including phenoxy) is 1. The summed E-state index contributed by atoms with van der Waals surface area (Å²) < 4.78 is 9.97. The fraction of sp³-hybridized carbons (Fsp3) is 0.167. The second kappa shape index (κ2) is 4.25. The van der Waals surface area contributed by atoms with Crippen molar-refractivity contribution in [1.29, 1.82) is 0 Å². The van der Waals surface area contributed by atoms with Crippen LogP contribution in [0.3, 0.4) is 0 Å². The summed E-state index contributed by atoms with van der Waals surface area (Å²) in [6.45, 7) is 1.75. The van der Waals surface area contributed by atoms with E-state index < -0.39 is 5.97 Å². The van der Waals surface area contributed by atoms with Gasteiger partial charge >= 0.3 is 5.97 Å². The number of carbonyl (C=O) groups is 1. The van der Waals surface area contributed by atoms with Crippen LogP contribution >= 0.6 is 12.6 Å². The van der Waals surface area contributed by atoms with E-state index in [4.69, 9.17) is 4.42 Å². The predicted octanol–water partition coefficient (Wildman–Crippen LogP) is 2.18. The van der Waals surface area contributed by atoms with E-state index >= 15 is 0 Å². The third-order valence-electron chi connectivity index (χ3n) is 2.42. The number of benzene rings is 1. The molecule has 88 valence electrons. The molecule has 0 fully saturated rings. The second-order valence-corrected chi connectivity index (χ2v) is 4.05. The van der Waals surface area contributed by atoms with Crippen molar-refractivity contribution in [2.75, 3.05) is 7.11 Å². The first kappa shape index (κ1) is 11.7. The summed E-state index contributed by atoms with van der Waals surface area (Å²) >= 11 is 4.00. The number of rotatable bonds is 1. The van der Waals surface area contributed by atoms with Gasteiger partial charge in [-0.2, -0.15) is 0 Å². The Morgan fingerprint density at radius 3 is 2.71 bits per heavy atom. The lowest BCUT2D eigenvalue weighted by atomic mass is 10.1. The molecule has 0 amide bonds. The Bertz CT molecular complexity index is 657. The molecule has 1 heterocycles. The summed E-state index contributed by atoms with van der Waals surface area (Å²) in [6, 6.07) is 4.35. The molecule has 0 aliphatic carbocycles. The highest BCUT2D eigenvalue weighted by Gasteiger charge is 2.12. The first-order valence-corrected chi connectivity index (χ1v) is 5.33. The lowest BCUT2D eigenvalue weighted by molar-refractivity contribution is 0.0601. The minimum Gasteiger partial charge on any atom is -0.465 e. The fourth-order valence-electron chi connectivity index (χ4n) is 1.65. The average molecular weight is 250 g/mol. The van der Waals surface area contributed by atoms with Crippen LogP contribution in [0.1, 0.15) is 15.9 Å². The van der Waals surface area contributed by atoms with Crippen molar-refractivity contribution >= 4 is 29.6 Å². The highest BCUT2D eigenvalue weighted by atomic mass is 32.1. The number of esters is 1. The van der Waals surface area contributed by atoms with Crippen LogP contribution in [-0.2, 0) is 4.74 Å². The number of aryl methyl sites for hydroxylation is 1. The number of thiol groups is 1. The summed E-state index contributed by atoms with van der Waals surface area (Å²) in [5.41, 5.74) is 1.23. The molecule has 0 saturated heterocycles. The molecule has 4 nitrogen and oxygen atoms in total. The van der Waals surface area contributed by atoms with Crippen LogP contribution < -0.4 is 5.43 Å². The van der Waals surface area contributed by atoms with Crippen molar-refractivity contribution < 1.29 is 13.9 Å². The van der Waals surface area contributed by atoms with Gasteiger partial charge in [0.05, 0.1) is 18.1 Å². The number of fused-ring (bicyclic) bond motifs is 1. The van der Waals surface area contributed by atoms with Gasteiger partial charge in [-0.3, -0.25) is 4.79 Å². The third kappa shape index (κ3) is 2.06. The van der Waals surface area contributed by atoms with Crippen LogP contribution in [0.2, 0.25) is 0 Å². The Balaban J connectivity index is 2.82. The molecule has 2 aromatic rings. The Morgan fingerprint density at radius 2 is 2.06 bits per heavy atom. The highest BCUT2D eigenvalue weighted by molar-refractivity contribution is 7.80. The van der Waals surface area contributed by atoms with E-state index in [1.807, 2.05) is 0 Å². The quantitative estimate of drug-likeness (QED) is 0.622. The molecule has 0 aliphatic heterocycles. The van der Waals surface area contributed by atoms with Crippen molar-refractivity contribution in [1.82, 2.24) is 0 Å². The van der Waals surface area contributed by atoms with E-state index in [1.54, 1.807) is 13.0 Å². The fourth-order valence-corrected chi connectivity index (χ4v) is 1.86. The molecule has 0 spiro atoms. The molecule has 17 heavy (non-hydrogen) atoms. The molecule has 5 heteroatoms. The van der Waals surface area contributed by atoms with Crippen LogP contribution in [-0.4, -0.2) is 13.1 Å². The van der Waals surface area contributed by atoms with Crippen molar-refractivity contribution in [3.8, 4) is 0 Å².